The second kappa shape index (κ2) is 9.69. The standard InChI is InChI=1S/C22H21Cl2N3O2/c1-29-21-13-18(27-9-3-2-4-10-27)7-5-15(21)11-16(14-25)22(28)26-17-6-8-19(23)20(24)12-17/h5-8,11-13H,2-4,9-10H2,1H3,(H,26,28)/b16-11-. The molecule has 150 valence electrons. The van der Waals surface area contributed by atoms with Crippen molar-refractivity contribution in [3.8, 4) is 11.8 Å². The van der Waals surface area contributed by atoms with Gasteiger partial charge in [0, 0.05) is 36.1 Å². The molecule has 0 radical (unpaired) electrons. The summed E-state index contributed by atoms with van der Waals surface area (Å²) >= 11 is 11.9. The minimum Gasteiger partial charge on any atom is -0.496 e. The Balaban J connectivity index is 1.82. The SMILES string of the molecule is COc1cc(N2CCCCC2)ccc1/C=C(/C#N)C(=O)Nc1ccc(Cl)c(Cl)c1. The van der Waals surface area contributed by atoms with Gasteiger partial charge in [0.25, 0.3) is 5.91 Å². The molecule has 0 bridgehead atoms. The summed E-state index contributed by atoms with van der Waals surface area (Å²) in [6, 6.07) is 12.5. The summed E-state index contributed by atoms with van der Waals surface area (Å²) in [6.45, 7) is 2.04. The van der Waals surface area contributed by atoms with Crippen LogP contribution in [0.25, 0.3) is 6.08 Å². The maximum Gasteiger partial charge on any atom is 0.266 e. The second-order valence-corrected chi connectivity index (χ2v) is 7.54. The number of methoxy groups -OCH3 is 1. The molecule has 1 aliphatic rings. The smallest absolute Gasteiger partial charge is 0.266 e. The van der Waals surface area contributed by atoms with Gasteiger partial charge in [-0.05, 0) is 55.7 Å². The molecule has 29 heavy (non-hydrogen) atoms. The summed E-state index contributed by atoms with van der Waals surface area (Å²) in [4.78, 5) is 14.9. The van der Waals surface area contributed by atoms with Crippen LogP contribution in [0.1, 0.15) is 24.8 Å². The van der Waals surface area contributed by atoms with E-state index in [2.05, 4.69) is 10.2 Å². The minimum absolute atomic E-state index is 0.0416. The molecule has 1 fully saturated rings. The number of piperidine rings is 1. The van der Waals surface area contributed by atoms with Crippen LogP contribution in [0.15, 0.2) is 42.0 Å². The summed E-state index contributed by atoms with van der Waals surface area (Å²) < 4.78 is 5.50. The van der Waals surface area contributed by atoms with Crippen LogP contribution in [0.5, 0.6) is 5.75 Å². The van der Waals surface area contributed by atoms with Gasteiger partial charge in [-0.2, -0.15) is 5.26 Å². The molecular weight excluding hydrogens is 409 g/mol. The summed E-state index contributed by atoms with van der Waals surface area (Å²) in [5.41, 5.74) is 2.16. The fourth-order valence-corrected chi connectivity index (χ4v) is 3.54. The van der Waals surface area contributed by atoms with E-state index in [0.29, 0.717) is 27.0 Å². The number of amides is 1. The number of hydrogen-bond donors (Lipinski definition) is 1. The Labute approximate surface area is 180 Å². The third-order valence-electron chi connectivity index (χ3n) is 4.78. The van der Waals surface area contributed by atoms with Gasteiger partial charge in [-0.1, -0.05) is 23.2 Å². The lowest BCUT2D eigenvalue weighted by Crippen LogP contribution is -2.29. The number of nitrogens with one attached hydrogen (secondary N) is 1. The maximum atomic E-state index is 12.5. The molecule has 1 heterocycles. The fourth-order valence-electron chi connectivity index (χ4n) is 3.24. The third-order valence-corrected chi connectivity index (χ3v) is 5.52. The summed E-state index contributed by atoms with van der Waals surface area (Å²) in [7, 11) is 1.58. The Kier molecular flexibility index (Phi) is 7.03. The average molecular weight is 430 g/mol. The molecule has 0 aliphatic carbocycles. The predicted octanol–water partition coefficient (Wildman–Crippen LogP) is 5.54. The quantitative estimate of drug-likeness (QED) is 0.500. The number of carbonyl (C=O) groups excluding carboxylic acids is 1. The van der Waals surface area contributed by atoms with Gasteiger partial charge < -0.3 is 15.0 Å². The molecule has 1 amide bonds. The highest BCUT2D eigenvalue weighted by atomic mass is 35.5. The molecule has 3 rings (SSSR count). The highest BCUT2D eigenvalue weighted by Crippen LogP contribution is 2.30. The van der Waals surface area contributed by atoms with Gasteiger partial charge in [-0.3, -0.25) is 4.79 Å². The molecule has 1 aliphatic heterocycles. The Hall–Kier alpha value is -2.68. The first-order valence-corrected chi connectivity index (χ1v) is 10.1. The molecule has 0 atom stereocenters. The van der Waals surface area contributed by atoms with Crippen molar-refractivity contribution in [1.29, 1.82) is 5.26 Å². The predicted molar refractivity (Wildman–Crippen MR) is 118 cm³/mol. The highest BCUT2D eigenvalue weighted by molar-refractivity contribution is 6.42. The fraction of sp³-hybridized carbons (Fsp3) is 0.273. The molecule has 0 saturated carbocycles. The van der Waals surface area contributed by atoms with Crippen LogP contribution in [-0.4, -0.2) is 26.1 Å². The Morgan fingerprint density at radius 1 is 1.14 bits per heavy atom. The lowest BCUT2D eigenvalue weighted by atomic mass is 10.1. The van der Waals surface area contributed by atoms with E-state index in [1.54, 1.807) is 19.2 Å². The Morgan fingerprint density at radius 3 is 2.55 bits per heavy atom. The van der Waals surface area contributed by atoms with Crippen LogP contribution in [0.2, 0.25) is 10.0 Å². The Bertz CT molecular complexity index is 977. The molecule has 0 aromatic heterocycles. The lowest BCUT2D eigenvalue weighted by Gasteiger charge is -2.29. The van der Waals surface area contributed by atoms with Gasteiger partial charge in [-0.15, -0.1) is 0 Å². The number of hydrogen-bond acceptors (Lipinski definition) is 4. The van der Waals surface area contributed by atoms with E-state index in [9.17, 15) is 10.1 Å². The number of nitrogens with zero attached hydrogens (tertiary/aromatic N) is 2. The zero-order chi connectivity index (χ0) is 20.8. The molecule has 5 nitrogen and oxygen atoms in total. The van der Waals surface area contributed by atoms with Gasteiger partial charge in [0.15, 0.2) is 0 Å². The lowest BCUT2D eigenvalue weighted by molar-refractivity contribution is -0.112. The molecule has 7 heteroatoms. The number of ether oxygens (including phenoxy) is 1. The normalized spacial score (nSPS) is 14.3. The molecule has 2 aromatic carbocycles. The number of carbonyl (C=O) groups is 1. The maximum absolute atomic E-state index is 12.5. The zero-order valence-electron chi connectivity index (χ0n) is 16.0. The number of anilines is 2. The molecular formula is C22H21Cl2N3O2. The van der Waals surface area contributed by atoms with Crippen LogP contribution >= 0.6 is 23.2 Å². The largest absolute Gasteiger partial charge is 0.496 e. The second-order valence-electron chi connectivity index (χ2n) is 6.73. The van der Waals surface area contributed by atoms with E-state index in [0.717, 1.165) is 18.8 Å². The van der Waals surface area contributed by atoms with Crippen molar-refractivity contribution >= 4 is 46.6 Å². The van der Waals surface area contributed by atoms with Crippen LogP contribution in [0, 0.1) is 11.3 Å². The van der Waals surface area contributed by atoms with E-state index in [4.69, 9.17) is 27.9 Å². The topological polar surface area (TPSA) is 65.4 Å². The van der Waals surface area contributed by atoms with Crippen molar-refractivity contribution in [3.05, 3.63) is 57.6 Å². The molecule has 1 N–H and O–H groups in total. The van der Waals surface area contributed by atoms with Gasteiger partial charge >= 0.3 is 0 Å². The van der Waals surface area contributed by atoms with E-state index < -0.39 is 5.91 Å². The van der Waals surface area contributed by atoms with Gasteiger partial charge in [-0.25, -0.2) is 0 Å². The van der Waals surface area contributed by atoms with Crippen molar-refractivity contribution in [2.75, 3.05) is 30.4 Å². The van der Waals surface area contributed by atoms with Crippen molar-refractivity contribution in [1.82, 2.24) is 0 Å². The van der Waals surface area contributed by atoms with Crippen LogP contribution in [0.3, 0.4) is 0 Å². The first-order valence-electron chi connectivity index (χ1n) is 9.33. The first kappa shape index (κ1) is 21.0. The van der Waals surface area contributed by atoms with E-state index >= 15 is 0 Å². The number of rotatable bonds is 5. The van der Waals surface area contributed by atoms with Gasteiger partial charge in [0.05, 0.1) is 17.2 Å². The molecule has 2 aromatic rings. The van der Waals surface area contributed by atoms with E-state index in [-0.39, 0.29) is 5.57 Å². The van der Waals surface area contributed by atoms with Crippen LogP contribution < -0.4 is 15.0 Å². The van der Waals surface area contributed by atoms with Crippen LogP contribution in [0.4, 0.5) is 11.4 Å². The Morgan fingerprint density at radius 2 is 1.90 bits per heavy atom. The van der Waals surface area contributed by atoms with Crippen molar-refractivity contribution < 1.29 is 9.53 Å². The van der Waals surface area contributed by atoms with Crippen molar-refractivity contribution in [3.63, 3.8) is 0 Å². The summed E-state index contributed by atoms with van der Waals surface area (Å²) in [5.74, 6) is 0.0798. The van der Waals surface area contributed by atoms with Crippen LogP contribution in [-0.2, 0) is 4.79 Å². The third kappa shape index (κ3) is 5.23. The van der Waals surface area contributed by atoms with Gasteiger partial charge in [0.1, 0.15) is 17.4 Å². The summed E-state index contributed by atoms with van der Waals surface area (Å²) in [6.07, 6.45) is 5.13. The molecule has 0 unspecified atom stereocenters. The van der Waals surface area contributed by atoms with E-state index in [1.807, 2.05) is 24.3 Å². The first-order chi connectivity index (χ1) is 14.0. The zero-order valence-corrected chi connectivity index (χ0v) is 17.6. The monoisotopic (exact) mass is 429 g/mol. The number of benzene rings is 2. The van der Waals surface area contributed by atoms with Gasteiger partial charge in [0.2, 0.25) is 0 Å². The average Bonchev–Trinajstić information content (AvgIpc) is 2.75. The molecule has 1 saturated heterocycles. The summed E-state index contributed by atoms with van der Waals surface area (Å²) in [5, 5.41) is 12.9. The number of nitriles is 1. The molecule has 0 spiro atoms. The van der Waals surface area contributed by atoms with Crippen molar-refractivity contribution in [2.45, 2.75) is 19.3 Å². The highest BCUT2D eigenvalue weighted by Gasteiger charge is 2.15. The van der Waals surface area contributed by atoms with E-state index in [1.165, 1.54) is 31.4 Å². The number of halogens is 2. The van der Waals surface area contributed by atoms with Crippen molar-refractivity contribution in [2.24, 2.45) is 0 Å². The minimum atomic E-state index is -0.534.